The van der Waals surface area contributed by atoms with E-state index in [0.29, 0.717) is 30.6 Å². The number of nitrogens with one attached hydrogen (secondary N) is 3. The van der Waals surface area contributed by atoms with Crippen LogP contribution in [0.5, 0.6) is 0 Å². The van der Waals surface area contributed by atoms with Gasteiger partial charge in [0.1, 0.15) is 12.1 Å². The molecule has 1 aromatic carbocycles. The number of unbranched alkanes of at least 4 members (excludes halogenated alkanes) is 2. The maximum Gasteiger partial charge on any atom is 0.326 e. The van der Waals surface area contributed by atoms with Crippen molar-refractivity contribution in [3.63, 3.8) is 0 Å². The molecule has 0 saturated heterocycles. The number of carbonyl (C=O) groups excluding carboxylic acids is 4. The molecular weight excluding hydrogens is 486 g/mol. The van der Waals surface area contributed by atoms with Crippen LogP contribution in [0.15, 0.2) is 24.3 Å². The van der Waals surface area contributed by atoms with E-state index in [1.54, 1.807) is 24.3 Å². The summed E-state index contributed by atoms with van der Waals surface area (Å²) in [6.45, 7) is 0.346. The molecule has 0 fully saturated rings. The Hall–Kier alpha value is -4.16. The first-order valence-corrected chi connectivity index (χ1v) is 12.0. The molecule has 0 spiro atoms. The molecular formula is C24H35N5O8. The summed E-state index contributed by atoms with van der Waals surface area (Å²) in [5, 5.41) is 25.4. The highest BCUT2D eigenvalue weighted by Crippen LogP contribution is 2.07. The minimum Gasteiger partial charge on any atom is -0.481 e. The molecule has 0 radical (unpaired) electrons. The third-order valence-corrected chi connectivity index (χ3v) is 5.39. The number of anilines is 1. The minimum atomic E-state index is -1.32. The molecule has 0 aliphatic heterocycles. The molecule has 0 bridgehead atoms. The second-order valence-electron chi connectivity index (χ2n) is 8.49. The summed E-state index contributed by atoms with van der Waals surface area (Å²) in [5.41, 5.74) is 12.0. The highest BCUT2D eigenvalue weighted by Gasteiger charge is 2.23. The Bertz CT molecular complexity index is 951. The first kappa shape index (κ1) is 30.9. The van der Waals surface area contributed by atoms with Crippen LogP contribution >= 0.6 is 0 Å². The molecule has 0 unspecified atom stereocenters. The van der Waals surface area contributed by atoms with Gasteiger partial charge in [-0.15, -0.1) is 0 Å². The fourth-order valence-corrected chi connectivity index (χ4v) is 3.33. The van der Waals surface area contributed by atoms with Gasteiger partial charge in [-0.1, -0.05) is 0 Å². The Morgan fingerprint density at radius 3 is 1.95 bits per heavy atom. The third-order valence-electron chi connectivity index (χ3n) is 5.39. The highest BCUT2D eigenvalue weighted by molar-refractivity contribution is 5.94. The van der Waals surface area contributed by atoms with Crippen molar-refractivity contribution in [2.75, 3.05) is 12.3 Å². The molecule has 204 valence electrons. The third kappa shape index (κ3) is 13.5. The molecule has 0 aromatic heterocycles. The summed E-state index contributed by atoms with van der Waals surface area (Å²) in [5.74, 6) is -4.47. The molecule has 0 aliphatic rings. The average Bonchev–Trinajstić information content (AvgIpc) is 2.83. The van der Waals surface area contributed by atoms with Crippen LogP contribution in [0.25, 0.3) is 0 Å². The van der Waals surface area contributed by atoms with E-state index in [1.165, 1.54) is 0 Å². The van der Waals surface area contributed by atoms with Crippen LogP contribution in [0.1, 0.15) is 68.1 Å². The lowest BCUT2D eigenvalue weighted by Gasteiger charge is -2.17. The zero-order valence-corrected chi connectivity index (χ0v) is 20.5. The van der Waals surface area contributed by atoms with Gasteiger partial charge in [-0.2, -0.15) is 0 Å². The summed E-state index contributed by atoms with van der Waals surface area (Å²) < 4.78 is 0. The number of nitrogen functional groups attached to an aromatic ring is 1. The number of rotatable bonds is 18. The topological polar surface area (TPSA) is 231 Å². The van der Waals surface area contributed by atoms with Crippen molar-refractivity contribution in [2.45, 2.75) is 69.9 Å². The lowest BCUT2D eigenvalue weighted by Crippen LogP contribution is -2.46. The number of carbonyl (C=O) groups is 6. The number of benzene rings is 1. The number of nitrogens with two attached hydrogens (primary N) is 2. The molecule has 0 aliphatic carbocycles. The van der Waals surface area contributed by atoms with Gasteiger partial charge < -0.3 is 37.6 Å². The predicted octanol–water partition coefficient (Wildman–Crippen LogP) is 0.134. The molecule has 0 saturated carbocycles. The van der Waals surface area contributed by atoms with Gasteiger partial charge in [0.05, 0.1) is 0 Å². The van der Waals surface area contributed by atoms with Crippen LogP contribution in [0.2, 0.25) is 0 Å². The van der Waals surface area contributed by atoms with E-state index >= 15 is 0 Å². The fraction of sp³-hybridized carbons (Fsp3) is 0.500. The molecule has 2 atom stereocenters. The number of aliphatic carboxylic acids is 2. The van der Waals surface area contributed by atoms with E-state index in [1.807, 2.05) is 0 Å². The van der Waals surface area contributed by atoms with Crippen LogP contribution in [0.4, 0.5) is 5.69 Å². The first-order chi connectivity index (χ1) is 17.5. The highest BCUT2D eigenvalue weighted by atomic mass is 16.4. The van der Waals surface area contributed by atoms with Crippen molar-refractivity contribution in [2.24, 2.45) is 5.73 Å². The van der Waals surface area contributed by atoms with Crippen molar-refractivity contribution in [1.82, 2.24) is 16.0 Å². The number of amides is 4. The van der Waals surface area contributed by atoms with E-state index in [9.17, 15) is 33.9 Å². The van der Waals surface area contributed by atoms with Gasteiger partial charge in [0.25, 0.3) is 5.91 Å². The molecule has 13 heteroatoms. The van der Waals surface area contributed by atoms with Crippen molar-refractivity contribution < 1.29 is 39.0 Å². The summed E-state index contributed by atoms with van der Waals surface area (Å²) >= 11 is 0. The van der Waals surface area contributed by atoms with E-state index in [2.05, 4.69) is 16.0 Å². The normalized spacial score (nSPS) is 12.1. The average molecular weight is 522 g/mol. The predicted molar refractivity (Wildman–Crippen MR) is 133 cm³/mol. The maximum absolute atomic E-state index is 12.3. The SMILES string of the molecule is NC(=O)[C@H](CCCCNC(=O)c1ccc(N)cc1)NC(=O)CC[C@H](NC(=O)CCCCC(=O)O)C(=O)O. The fourth-order valence-electron chi connectivity index (χ4n) is 3.33. The van der Waals surface area contributed by atoms with Crippen molar-refractivity contribution >= 4 is 41.3 Å². The quantitative estimate of drug-likeness (QED) is 0.103. The summed E-state index contributed by atoms with van der Waals surface area (Å²) in [6.07, 6.45) is 1.22. The summed E-state index contributed by atoms with van der Waals surface area (Å²) in [7, 11) is 0. The van der Waals surface area contributed by atoms with Crippen molar-refractivity contribution in [3.8, 4) is 0 Å². The van der Waals surface area contributed by atoms with Crippen molar-refractivity contribution in [3.05, 3.63) is 29.8 Å². The number of primary amides is 1. The maximum atomic E-state index is 12.3. The Morgan fingerprint density at radius 2 is 1.35 bits per heavy atom. The van der Waals surface area contributed by atoms with Gasteiger partial charge in [0.2, 0.25) is 17.7 Å². The molecule has 4 amide bonds. The van der Waals surface area contributed by atoms with E-state index in [-0.39, 0.29) is 50.9 Å². The van der Waals surface area contributed by atoms with Gasteiger partial charge >= 0.3 is 11.9 Å². The van der Waals surface area contributed by atoms with Gasteiger partial charge in [-0.25, -0.2) is 4.79 Å². The van der Waals surface area contributed by atoms with Crippen LogP contribution in [0.3, 0.4) is 0 Å². The van der Waals surface area contributed by atoms with E-state index < -0.39 is 41.7 Å². The number of hydrogen-bond donors (Lipinski definition) is 7. The number of carboxylic acid groups (broad SMARTS) is 2. The molecule has 0 heterocycles. The van der Waals surface area contributed by atoms with Gasteiger partial charge in [0, 0.05) is 37.1 Å². The van der Waals surface area contributed by atoms with Crippen LogP contribution in [0, 0.1) is 0 Å². The van der Waals surface area contributed by atoms with Crippen LogP contribution in [-0.4, -0.2) is 64.4 Å². The Morgan fingerprint density at radius 1 is 0.757 bits per heavy atom. The minimum absolute atomic E-state index is 0.0343. The molecule has 1 rings (SSSR count). The van der Waals surface area contributed by atoms with Gasteiger partial charge in [-0.3, -0.25) is 24.0 Å². The Labute approximate surface area is 214 Å². The standard InChI is InChI=1S/C24H35N5O8/c25-16-10-8-15(9-11-16)23(35)27-14-4-3-5-17(22(26)34)28-20(31)13-12-18(24(36)37)29-19(30)6-1-2-7-21(32)33/h8-11,17-18H,1-7,12-14,25H2,(H2,26,34)(H,27,35)(H,28,31)(H,29,30)(H,32,33)(H,36,37)/t17-,18-/m0/s1. The zero-order chi connectivity index (χ0) is 27.8. The molecule has 37 heavy (non-hydrogen) atoms. The van der Waals surface area contributed by atoms with Crippen LogP contribution in [-0.2, 0) is 24.0 Å². The van der Waals surface area contributed by atoms with Crippen molar-refractivity contribution in [1.29, 1.82) is 0 Å². The van der Waals surface area contributed by atoms with Gasteiger partial charge in [-0.05, 0) is 62.8 Å². The number of carboxylic acids is 2. The number of hydrogen-bond acceptors (Lipinski definition) is 7. The van der Waals surface area contributed by atoms with E-state index in [4.69, 9.17) is 16.6 Å². The zero-order valence-electron chi connectivity index (χ0n) is 20.5. The molecule has 9 N–H and O–H groups in total. The van der Waals surface area contributed by atoms with Crippen LogP contribution < -0.4 is 27.4 Å². The largest absolute Gasteiger partial charge is 0.481 e. The summed E-state index contributed by atoms with van der Waals surface area (Å²) in [6, 6.07) is 4.17. The second kappa shape index (κ2) is 16.5. The Kier molecular flexibility index (Phi) is 13.8. The van der Waals surface area contributed by atoms with E-state index in [0.717, 1.165) is 0 Å². The summed E-state index contributed by atoms with van der Waals surface area (Å²) in [4.78, 5) is 69.9. The lowest BCUT2D eigenvalue weighted by atomic mass is 10.1. The monoisotopic (exact) mass is 521 g/mol. The lowest BCUT2D eigenvalue weighted by molar-refractivity contribution is -0.142. The molecule has 1 aromatic rings. The Balaban J connectivity index is 2.37. The van der Waals surface area contributed by atoms with Gasteiger partial charge in [0.15, 0.2) is 0 Å². The molecule has 13 nitrogen and oxygen atoms in total. The second-order valence-corrected chi connectivity index (χ2v) is 8.49. The first-order valence-electron chi connectivity index (χ1n) is 12.0. The smallest absolute Gasteiger partial charge is 0.326 e.